The number of piperazine rings is 1. The number of fused-ring (bicyclic) bond motifs is 2. The van der Waals surface area contributed by atoms with Gasteiger partial charge in [0.2, 0.25) is 0 Å². The number of nitrogens with zero attached hydrogens (tertiary/aromatic N) is 3. The predicted octanol–water partition coefficient (Wildman–Crippen LogP) is 4.93. The van der Waals surface area contributed by atoms with Crippen LogP contribution in [-0.4, -0.2) is 36.1 Å². The molecule has 0 unspecified atom stereocenters. The summed E-state index contributed by atoms with van der Waals surface area (Å²) >= 11 is 6.20. The summed E-state index contributed by atoms with van der Waals surface area (Å²) in [6.45, 7) is 2.60. The maximum Gasteiger partial charge on any atom is 0.175 e. The van der Waals surface area contributed by atoms with E-state index >= 15 is 4.39 Å². The molecule has 3 heterocycles. The fraction of sp³-hybridized carbons (Fsp3) is 0.182. The van der Waals surface area contributed by atoms with Crippen LogP contribution in [0.3, 0.4) is 0 Å². The lowest BCUT2D eigenvalue weighted by Crippen LogP contribution is -2.44. The molecule has 0 aliphatic carbocycles. The highest BCUT2D eigenvalue weighted by molar-refractivity contribution is 6.36. The molecule has 4 aromatic rings. The largest absolute Gasteiger partial charge is 0.366 e. The van der Waals surface area contributed by atoms with Gasteiger partial charge in [0.05, 0.1) is 16.9 Å². The number of rotatable bonds is 2. The first-order valence-corrected chi connectivity index (χ1v) is 9.89. The normalized spacial score (nSPS) is 14.6. The Bertz CT molecular complexity index is 1290. The summed E-state index contributed by atoms with van der Waals surface area (Å²) in [5.74, 6) is -1.82. The third kappa shape index (κ3) is 2.97. The zero-order chi connectivity index (χ0) is 20.8. The van der Waals surface area contributed by atoms with Crippen molar-refractivity contribution in [1.29, 1.82) is 0 Å². The molecule has 1 fully saturated rings. The van der Waals surface area contributed by atoms with Crippen LogP contribution in [0.5, 0.6) is 0 Å². The number of nitrogens with one attached hydrogen (secondary N) is 1. The van der Waals surface area contributed by atoms with Gasteiger partial charge in [0, 0.05) is 48.7 Å². The molecule has 4 nitrogen and oxygen atoms in total. The Morgan fingerprint density at radius 3 is 2.53 bits per heavy atom. The number of halogens is 4. The minimum Gasteiger partial charge on any atom is -0.366 e. The van der Waals surface area contributed by atoms with Crippen LogP contribution in [0.2, 0.25) is 5.02 Å². The molecule has 1 aliphatic heterocycles. The number of hydrogen-bond acceptors (Lipinski definition) is 4. The molecule has 152 valence electrons. The van der Waals surface area contributed by atoms with E-state index in [9.17, 15) is 8.78 Å². The van der Waals surface area contributed by atoms with Crippen molar-refractivity contribution in [3.8, 4) is 11.3 Å². The van der Waals surface area contributed by atoms with E-state index in [4.69, 9.17) is 11.6 Å². The minimum absolute atomic E-state index is 0.00836. The molecular weight excluding hydrogens is 413 g/mol. The smallest absolute Gasteiger partial charge is 0.175 e. The van der Waals surface area contributed by atoms with E-state index in [1.165, 1.54) is 12.3 Å². The van der Waals surface area contributed by atoms with Crippen LogP contribution in [0.4, 0.5) is 18.9 Å². The first-order valence-electron chi connectivity index (χ1n) is 9.51. The van der Waals surface area contributed by atoms with E-state index in [0.29, 0.717) is 53.6 Å². The number of aromatic nitrogens is 2. The Morgan fingerprint density at radius 1 is 0.933 bits per heavy atom. The van der Waals surface area contributed by atoms with Crippen molar-refractivity contribution in [1.82, 2.24) is 15.3 Å². The molecule has 0 radical (unpaired) electrons. The predicted molar refractivity (Wildman–Crippen MR) is 112 cm³/mol. The summed E-state index contributed by atoms with van der Waals surface area (Å²) in [5.41, 5.74) is 0.651. The Morgan fingerprint density at radius 2 is 1.73 bits per heavy atom. The van der Waals surface area contributed by atoms with E-state index in [1.807, 2.05) is 4.90 Å². The Labute approximate surface area is 175 Å². The van der Waals surface area contributed by atoms with E-state index in [0.717, 1.165) is 6.20 Å². The summed E-state index contributed by atoms with van der Waals surface area (Å²) in [6.07, 6.45) is 2.45. The van der Waals surface area contributed by atoms with Crippen molar-refractivity contribution in [3.05, 3.63) is 65.2 Å². The second-order valence-electron chi connectivity index (χ2n) is 7.14. The van der Waals surface area contributed by atoms with Gasteiger partial charge in [0.15, 0.2) is 11.6 Å². The molecular formula is C22H16ClF3N4. The van der Waals surface area contributed by atoms with Crippen LogP contribution >= 0.6 is 11.6 Å². The average molecular weight is 429 g/mol. The lowest BCUT2D eigenvalue weighted by Gasteiger charge is -2.30. The summed E-state index contributed by atoms with van der Waals surface area (Å²) in [5, 5.41) is 4.44. The zero-order valence-corrected chi connectivity index (χ0v) is 16.5. The van der Waals surface area contributed by atoms with E-state index in [1.54, 1.807) is 24.3 Å². The maximum absolute atomic E-state index is 15.6. The van der Waals surface area contributed by atoms with E-state index in [2.05, 4.69) is 15.3 Å². The van der Waals surface area contributed by atoms with E-state index in [-0.39, 0.29) is 16.2 Å². The maximum atomic E-state index is 15.6. The lowest BCUT2D eigenvalue weighted by atomic mass is 10.00. The topological polar surface area (TPSA) is 41.1 Å². The van der Waals surface area contributed by atoms with Crippen LogP contribution in [0.15, 0.2) is 42.7 Å². The van der Waals surface area contributed by atoms with Gasteiger partial charge in [0.1, 0.15) is 17.0 Å². The fourth-order valence-corrected chi connectivity index (χ4v) is 4.27. The van der Waals surface area contributed by atoms with Crippen molar-refractivity contribution in [2.45, 2.75) is 0 Å². The Kier molecular flexibility index (Phi) is 4.72. The highest BCUT2D eigenvalue weighted by atomic mass is 35.5. The Balaban J connectivity index is 1.75. The third-order valence-corrected chi connectivity index (χ3v) is 5.77. The van der Waals surface area contributed by atoms with Gasteiger partial charge in [-0.1, -0.05) is 35.9 Å². The molecule has 1 N–H and O–H groups in total. The van der Waals surface area contributed by atoms with Crippen LogP contribution in [0.1, 0.15) is 0 Å². The summed E-state index contributed by atoms with van der Waals surface area (Å²) in [4.78, 5) is 10.2. The Hall–Kier alpha value is -2.90. The zero-order valence-electron chi connectivity index (χ0n) is 15.7. The molecule has 1 saturated heterocycles. The highest BCUT2D eigenvalue weighted by Gasteiger charge is 2.23. The molecule has 2 aromatic heterocycles. The van der Waals surface area contributed by atoms with E-state index < -0.39 is 17.5 Å². The van der Waals surface area contributed by atoms with Gasteiger partial charge in [-0.15, -0.1) is 0 Å². The molecule has 5 rings (SSSR count). The molecule has 8 heteroatoms. The molecule has 1 aliphatic rings. The van der Waals surface area contributed by atoms with Gasteiger partial charge in [-0.25, -0.2) is 18.2 Å². The number of hydrogen-bond donors (Lipinski definition) is 1. The summed E-state index contributed by atoms with van der Waals surface area (Å²) < 4.78 is 44.3. The average Bonchev–Trinajstić information content (AvgIpc) is 2.77. The van der Waals surface area contributed by atoms with Gasteiger partial charge in [-0.05, 0) is 11.5 Å². The number of anilines is 1. The van der Waals surface area contributed by atoms with Crippen molar-refractivity contribution in [2.24, 2.45) is 0 Å². The van der Waals surface area contributed by atoms with Crippen molar-refractivity contribution in [3.63, 3.8) is 0 Å². The van der Waals surface area contributed by atoms with Gasteiger partial charge in [-0.2, -0.15) is 0 Å². The molecule has 0 atom stereocenters. The van der Waals surface area contributed by atoms with Crippen LogP contribution in [0.25, 0.3) is 32.9 Å². The number of benzene rings is 2. The first kappa shape index (κ1) is 19.1. The van der Waals surface area contributed by atoms with Crippen LogP contribution in [-0.2, 0) is 0 Å². The SMILES string of the molecule is Fc1cnc2c(F)c(-c3cccc4ccc(F)c(Cl)c34)ncc2c1N1CCNCC1. The quantitative estimate of drug-likeness (QED) is 0.491. The first-order chi connectivity index (χ1) is 14.6. The van der Waals surface area contributed by atoms with Crippen molar-refractivity contribution in [2.75, 3.05) is 31.1 Å². The third-order valence-electron chi connectivity index (χ3n) is 5.41. The molecule has 2 aromatic carbocycles. The molecule has 0 amide bonds. The van der Waals surface area contributed by atoms with Gasteiger partial charge >= 0.3 is 0 Å². The van der Waals surface area contributed by atoms with Crippen molar-refractivity contribution >= 4 is 39.0 Å². The molecule has 0 saturated carbocycles. The van der Waals surface area contributed by atoms with Gasteiger partial charge < -0.3 is 10.2 Å². The lowest BCUT2D eigenvalue weighted by molar-refractivity contribution is 0.566. The van der Waals surface area contributed by atoms with Crippen LogP contribution in [0, 0.1) is 17.5 Å². The second-order valence-corrected chi connectivity index (χ2v) is 7.52. The highest BCUT2D eigenvalue weighted by Crippen LogP contribution is 2.38. The monoisotopic (exact) mass is 428 g/mol. The molecule has 0 bridgehead atoms. The van der Waals surface area contributed by atoms with Gasteiger partial charge in [0.25, 0.3) is 0 Å². The molecule has 30 heavy (non-hydrogen) atoms. The van der Waals surface area contributed by atoms with Gasteiger partial charge in [-0.3, -0.25) is 4.98 Å². The number of pyridine rings is 2. The summed E-state index contributed by atoms with van der Waals surface area (Å²) in [6, 6.07) is 7.96. The fourth-order valence-electron chi connectivity index (χ4n) is 3.99. The standard InChI is InChI=1S/C22H16ClF3N4/c23-18-15(24)5-4-12-2-1-3-13(17(12)18)20-19(26)21-14(10-28-20)22(16(25)11-29-21)30-8-6-27-7-9-30/h1-5,10-11,27H,6-9H2. The van der Waals surface area contributed by atoms with Crippen molar-refractivity contribution < 1.29 is 13.2 Å². The second kappa shape index (κ2) is 7.41. The minimum atomic E-state index is -0.697. The van der Waals surface area contributed by atoms with Crippen LogP contribution < -0.4 is 10.2 Å². The molecule has 0 spiro atoms. The summed E-state index contributed by atoms with van der Waals surface area (Å²) in [7, 11) is 0.